The van der Waals surface area contributed by atoms with E-state index in [1.54, 1.807) is 12.1 Å². The van der Waals surface area contributed by atoms with Gasteiger partial charge in [-0.05, 0) is 37.3 Å². The molecule has 0 aliphatic heterocycles. The average Bonchev–Trinajstić information content (AvgIpc) is 2.80. The third kappa shape index (κ3) is 4.27. The molecule has 0 aliphatic rings. The number of hydrogen-bond acceptors (Lipinski definition) is 4. The molecule has 4 nitrogen and oxygen atoms in total. The average molecular weight is 345 g/mol. The van der Waals surface area contributed by atoms with Gasteiger partial charge in [0.2, 0.25) is 0 Å². The summed E-state index contributed by atoms with van der Waals surface area (Å²) in [5.74, 6) is 0. The summed E-state index contributed by atoms with van der Waals surface area (Å²) < 4.78 is 5.88. The van der Waals surface area contributed by atoms with E-state index in [-0.39, 0.29) is 6.04 Å². The molecule has 2 rings (SSSR count). The van der Waals surface area contributed by atoms with Gasteiger partial charge in [-0.25, -0.2) is 4.79 Å². The van der Waals surface area contributed by atoms with E-state index in [2.05, 4.69) is 15.4 Å². The van der Waals surface area contributed by atoms with Crippen molar-refractivity contribution in [3.63, 3.8) is 0 Å². The molecule has 112 valence electrons. The smallest absolute Gasteiger partial charge is 0.411 e. The summed E-state index contributed by atoms with van der Waals surface area (Å²) in [6.07, 6.45) is -0.497. The number of ether oxygens (including phenoxy) is 1. The highest BCUT2D eigenvalue weighted by molar-refractivity contribution is 7.20. The molecule has 1 amide bonds. The lowest BCUT2D eigenvalue weighted by molar-refractivity contribution is 0.187. The minimum Gasteiger partial charge on any atom is -0.453 e. The highest BCUT2D eigenvalue weighted by atomic mass is 35.5. The summed E-state index contributed by atoms with van der Waals surface area (Å²) >= 11 is 13.4. The molecule has 1 atom stereocenters. The SMILES string of the molecule is COC(=O)Nc1ccc(NC(C)c2cc(Cl)sc2Cl)cc1. The Morgan fingerprint density at radius 3 is 2.38 bits per heavy atom. The van der Waals surface area contributed by atoms with Crippen LogP contribution in [0.25, 0.3) is 0 Å². The number of methoxy groups -OCH3 is 1. The van der Waals surface area contributed by atoms with Gasteiger partial charge in [-0.1, -0.05) is 23.2 Å². The molecule has 0 bridgehead atoms. The van der Waals surface area contributed by atoms with Crippen molar-refractivity contribution in [1.82, 2.24) is 0 Å². The molecule has 1 unspecified atom stereocenters. The lowest BCUT2D eigenvalue weighted by Crippen LogP contribution is -2.11. The first kappa shape index (κ1) is 15.9. The zero-order valence-electron chi connectivity index (χ0n) is 11.4. The van der Waals surface area contributed by atoms with Gasteiger partial charge in [0.05, 0.1) is 21.8 Å². The predicted molar refractivity (Wildman–Crippen MR) is 88.8 cm³/mol. The second-order valence-electron chi connectivity index (χ2n) is 4.34. The van der Waals surface area contributed by atoms with Crippen LogP contribution in [0.4, 0.5) is 16.2 Å². The summed E-state index contributed by atoms with van der Waals surface area (Å²) in [6.45, 7) is 2.00. The van der Waals surface area contributed by atoms with Gasteiger partial charge in [-0.3, -0.25) is 5.32 Å². The first-order chi connectivity index (χ1) is 9.99. The molecule has 0 radical (unpaired) electrons. The van der Waals surface area contributed by atoms with Gasteiger partial charge in [0.25, 0.3) is 0 Å². The van der Waals surface area contributed by atoms with Crippen molar-refractivity contribution in [3.05, 3.63) is 44.6 Å². The van der Waals surface area contributed by atoms with Crippen molar-refractivity contribution >= 4 is 52.0 Å². The van der Waals surface area contributed by atoms with Crippen LogP contribution in [0.15, 0.2) is 30.3 Å². The number of rotatable bonds is 4. The molecule has 7 heteroatoms. The summed E-state index contributed by atoms with van der Waals surface area (Å²) in [6, 6.07) is 9.19. The molecular formula is C14H14Cl2N2O2S. The molecule has 0 fully saturated rings. The molecule has 1 aromatic carbocycles. The third-order valence-electron chi connectivity index (χ3n) is 2.85. The van der Waals surface area contributed by atoms with Crippen LogP contribution in [0.1, 0.15) is 18.5 Å². The fraction of sp³-hybridized carbons (Fsp3) is 0.214. The molecule has 0 aliphatic carbocycles. The first-order valence-corrected chi connectivity index (χ1v) is 7.73. The van der Waals surface area contributed by atoms with Crippen LogP contribution in [-0.4, -0.2) is 13.2 Å². The maximum Gasteiger partial charge on any atom is 0.411 e. The van der Waals surface area contributed by atoms with E-state index in [1.165, 1.54) is 18.4 Å². The van der Waals surface area contributed by atoms with E-state index in [9.17, 15) is 4.79 Å². The minimum atomic E-state index is -0.497. The fourth-order valence-electron chi connectivity index (χ4n) is 1.79. The van der Waals surface area contributed by atoms with Crippen LogP contribution >= 0.6 is 34.5 Å². The lowest BCUT2D eigenvalue weighted by atomic mass is 10.1. The van der Waals surface area contributed by atoms with Crippen molar-refractivity contribution in [1.29, 1.82) is 0 Å². The molecule has 2 aromatic rings. The van der Waals surface area contributed by atoms with Gasteiger partial charge >= 0.3 is 6.09 Å². The molecule has 0 saturated heterocycles. The Bertz CT molecular complexity index is 628. The number of hydrogen-bond donors (Lipinski definition) is 2. The Labute approximate surface area is 137 Å². The number of halogens is 2. The van der Waals surface area contributed by atoms with Gasteiger partial charge in [0.1, 0.15) is 0 Å². The Hall–Kier alpha value is -1.43. The van der Waals surface area contributed by atoms with E-state index in [1.807, 2.05) is 25.1 Å². The Morgan fingerprint density at radius 1 is 1.24 bits per heavy atom. The second kappa shape index (κ2) is 7.02. The van der Waals surface area contributed by atoms with Crippen molar-refractivity contribution in [2.75, 3.05) is 17.7 Å². The molecule has 1 heterocycles. The number of benzene rings is 1. The molecule has 0 saturated carbocycles. The summed E-state index contributed by atoms with van der Waals surface area (Å²) in [5, 5.41) is 5.92. The normalized spacial score (nSPS) is 11.8. The second-order valence-corrected chi connectivity index (χ2v) is 6.63. The first-order valence-electron chi connectivity index (χ1n) is 6.16. The molecule has 2 N–H and O–H groups in total. The van der Waals surface area contributed by atoms with Crippen molar-refractivity contribution in [2.45, 2.75) is 13.0 Å². The zero-order chi connectivity index (χ0) is 15.4. The Balaban J connectivity index is 2.03. The van der Waals surface area contributed by atoms with Crippen LogP contribution in [0.3, 0.4) is 0 Å². The minimum absolute atomic E-state index is 0.0284. The molecular weight excluding hydrogens is 331 g/mol. The zero-order valence-corrected chi connectivity index (χ0v) is 13.8. The van der Waals surface area contributed by atoms with Gasteiger partial charge in [0, 0.05) is 16.9 Å². The summed E-state index contributed by atoms with van der Waals surface area (Å²) in [7, 11) is 1.32. The Kier molecular flexibility index (Phi) is 5.33. The van der Waals surface area contributed by atoms with Crippen molar-refractivity contribution in [3.8, 4) is 0 Å². The summed E-state index contributed by atoms with van der Waals surface area (Å²) in [4.78, 5) is 11.1. The third-order valence-corrected chi connectivity index (χ3v) is 4.37. The summed E-state index contributed by atoms with van der Waals surface area (Å²) in [5.41, 5.74) is 2.54. The van der Waals surface area contributed by atoms with E-state index < -0.39 is 6.09 Å². The number of amides is 1. The molecule has 1 aromatic heterocycles. The Morgan fingerprint density at radius 2 is 1.86 bits per heavy atom. The van der Waals surface area contributed by atoms with Crippen molar-refractivity contribution < 1.29 is 9.53 Å². The predicted octanol–water partition coefficient (Wildman–Crippen LogP) is 5.41. The topological polar surface area (TPSA) is 50.4 Å². The van der Waals surface area contributed by atoms with E-state index in [4.69, 9.17) is 23.2 Å². The molecule has 0 spiro atoms. The number of carbonyl (C=O) groups is 1. The molecule has 21 heavy (non-hydrogen) atoms. The highest BCUT2D eigenvalue weighted by Crippen LogP contribution is 2.36. The van der Waals surface area contributed by atoms with Crippen LogP contribution < -0.4 is 10.6 Å². The number of nitrogens with one attached hydrogen (secondary N) is 2. The van der Waals surface area contributed by atoms with Crippen LogP contribution in [0.5, 0.6) is 0 Å². The number of anilines is 2. The van der Waals surface area contributed by atoms with Crippen molar-refractivity contribution in [2.24, 2.45) is 0 Å². The lowest BCUT2D eigenvalue weighted by Gasteiger charge is -2.15. The van der Waals surface area contributed by atoms with Gasteiger partial charge < -0.3 is 10.1 Å². The maximum absolute atomic E-state index is 11.1. The van der Waals surface area contributed by atoms with Gasteiger partial charge in [-0.15, -0.1) is 11.3 Å². The van der Waals surface area contributed by atoms with Crippen LogP contribution in [-0.2, 0) is 4.74 Å². The van der Waals surface area contributed by atoms with Crippen LogP contribution in [0.2, 0.25) is 8.67 Å². The monoisotopic (exact) mass is 344 g/mol. The number of carbonyl (C=O) groups excluding carboxylic acids is 1. The quantitative estimate of drug-likeness (QED) is 0.779. The standard InChI is InChI=1S/C14H14Cl2N2O2S/c1-8(11-7-12(15)21-13(11)16)17-9-3-5-10(6-4-9)18-14(19)20-2/h3-8,17H,1-2H3,(H,18,19). The van der Waals surface area contributed by atoms with Gasteiger partial charge in [-0.2, -0.15) is 0 Å². The van der Waals surface area contributed by atoms with E-state index >= 15 is 0 Å². The van der Waals surface area contributed by atoms with Crippen LogP contribution in [0, 0.1) is 0 Å². The largest absolute Gasteiger partial charge is 0.453 e. The highest BCUT2D eigenvalue weighted by Gasteiger charge is 2.13. The fourth-order valence-corrected chi connectivity index (χ4v) is 3.44. The van der Waals surface area contributed by atoms with E-state index in [0.29, 0.717) is 14.4 Å². The maximum atomic E-state index is 11.1. The van der Waals surface area contributed by atoms with E-state index in [0.717, 1.165) is 11.3 Å². The number of thiophene rings is 1. The van der Waals surface area contributed by atoms with Gasteiger partial charge in [0.15, 0.2) is 0 Å².